The molecule has 3 atom stereocenters. The molecule has 2 saturated carbocycles. The lowest BCUT2D eigenvalue weighted by molar-refractivity contribution is -0.140. The van der Waals surface area contributed by atoms with E-state index in [9.17, 15) is 27.6 Å². The van der Waals surface area contributed by atoms with Gasteiger partial charge in [-0.1, -0.05) is 24.3 Å². The molecule has 10 nitrogen and oxygen atoms in total. The van der Waals surface area contributed by atoms with Crippen LogP contribution in [0.15, 0.2) is 36.9 Å². The fourth-order valence-corrected chi connectivity index (χ4v) is 7.01. The van der Waals surface area contributed by atoms with E-state index < -0.39 is 44.6 Å². The summed E-state index contributed by atoms with van der Waals surface area (Å²) < 4.78 is 26.8. The number of fused-ring (bicyclic) bond motifs is 1. The normalized spacial score (nSPS) is 26.3. The Labute approximate surface area is 222 Å². The molecule has 0 spiro atoms. The average Bonchev–Trinajstić information content (AvgIpc) is 3.83. The SMILES string of the molecule is C=CC1CC1(NC(=O)[C@@H]1CCCN1C(=O)CCC(=O)N1CCCc2ccccc21)C(=O)NS(=O)(=O)C1CC1. The van der Waals surface area contributed by atoms with Crippen molar-refractivity contribution in [3.8, 4) is 0 Å². The molecular formula is C27H34N4O6S. The van der Waals surface area contributed by atoms with Crippen LogP contribution in [0.5, 0.6) is 0 Å². The first-order chi connectivity index (χ1) is 18.2. The second kappa shape index (κ2) is 10.2. The first kappa shape index (κ1) is 26.4. The van der Waals surface area contributed by atoms with Gasteiger partial charge in [-0.2, -0.15) is 0 Å². The fraction of sp³-hybridized carbons (Fsp3) is 0.556. The quantitative estimate of drug-likeness (QED) is 0.454. The fourth-order valence-electron chi connectivity index (χ4n) is 5.64. The van der Waals surface area contributed by atoms with E-state index in [-0.39, 0.29) is 31.1 Å². The largest absolute Gasteiger partial charge is 0.339 e. The molecule has 3 fully saturated rings. The summed E-state index contributed by atoms with van der Waals surface area (Å²) in [6.45, 7) is 4.71. The summed E-state index contributed by atoms with van der Waals surface area (Å²) in [6, 6.07) is 7.01. The number of benzene rings is 1. The zero-order valence-electron chi connectivity index (χ0n) is 21.4. The van der Waals surface area contributed by atoms with E-state index in [0.29, 0.717) is 38.8 Å². The summed E-state index contributed by atoms with van der Waals surface area (Å²) in [5.41, 5.74) is 0.633. The molecule has 5 rings (SSSR count). The van der Waals surface area contributed by atoms with Crippen LogP contribution in [-0.2, 0) is 35.6 Å². The van der Waals surface area contributed by atoms with Gasteiger partial charge in [0.1, 0.15) is 11.6 Å². The van der Waals surface area contributed by atoms with Crippen LogP contribution in [0, 0.1) is 5.92 Å². The summed E-state index contributed by atoms with van der Waals surface area (Å²) in [4.78, 5) is 55.5. The Bertz CT molecular complexity index is 1280. The number of hydrogen-bond donors (Lipinski definition) is 2. The average molecular weight is 543 g/mol. The number of anilines is 1. The number of rotatable bonds is 9. The molecule has 0 aromatic heterocycles. The predicted octanol–water partition coefficient (Wildman–Crippen LogP) is 1.41. The summed E-state index contributed by atoms with van der Waals surface area (Å²) in [6.07, 6.45) is 5.68. The van der Waals surface area contributed by atoms with Crippen molar-refractivity contribution in [3.05, 3.63) is 42.5 Å². The van der Waals surface area contributed by atoms with Gasteiger partial charge < -0.3 is 15.1 Å². The highest BCUT2D eigenvalue weighted by Crippen LogP contribution is 2.45. The van der Waals surface area contributed by atoms with Crippen LogP contribution in [0.25, 0.3) is 0 Å². The van der Waals surface area contributed by atoms with Crippen molar-refractivity contribution in [2.24, 2.45) is 5.92 Å². The van der Waals surface area contributed by atoms with Gasteiger partial charge >= 0.3 is 0 Å². The van der Waals surface area contributed by atoms with E-state index in [1.165, 1.54) is 11.0 Å². The first-order valence-electron chi connectivity index (χ1n) is 13.3. The summed E-state index contributed by atoms with van der Waals surface area (Å²) >= 11 is 0. The molecule has 2 N–H and O–H groups in total. The zero-order valence-corrected chi connectivity index (χ0v) is 22.2. The Hall–Kier alpha value is -3.21. The number of para-hydroxylation sites is 1. The number of likely N-dealkylation sites (tertiary alicyclic amines) is 1. The van der Waals surface area contributed by atoms with Crippen LogP contribution in [0.1, 0.15) is 56.9 Å². The topological polar surface area (TPSA) is 133 Å². The minimum atomic E-state index is -3.77. The summed E-state index contributed by atoms with van der Waals surface area (Å²) in [5.74, 6) is -2.05. The van der Waals surface area contributed by atoms with E-state index in [2.05, 4.69) is 16.6 Å². The Morgan fingerprint density at radius 1 is 1.03 bits per heavy atom. The molecule has 0 bridgehead atoms. The van der Waals surface area contributed by atoms with Gasteiger partial charge in [-0.25, -0.2) is 8.42 Å². The molecule has 11 heteroatoms. The molecule has 4 amide bonds. The van der Waals surface area contributed by atoms with E-state index in [1.54, 1.807) is 4.90 Å². The Kier molecular flexibility index (Phi) is 7.06. The van der Waals surface area contributed by atoms with Crippen molar-refractivity contribution in [1.29, 1.82) is 0 Å². The Morgan fingerprint density at radius 2 is 1.76 bits per heavy atom. The minimum absolute atomic E-state index is 0.0121. The predicted molar refractivity (Wildman–Crippen MR) is 140 cm³/mol. The summed E-state index contributed by atoms with van der Waals surface area (Å²) in [5, 5.41) is 2.18. The second-order valence-corrected chi connectivity index (χ2v) is 12.7. The smallest absolute Gasteiger partial charge is 0.259 e. The highest BCUT2D eigenvalue weighted by molar-refractivity contribution is 7.91. The lowest BCUT2D eigenvalue weighted by Crippen LogP contribution is -2.56. The van der Waals surface area contributed by atoms with E-state index >= 15 is 0 Å². The molecule has 0 radical (unpaired) electrons. The van der Waals surface area contributed by atoms with E-state index in [1.807, 2.05) is 24.3 Å². The molecule has 38 heavy (non-hydrogen) atoms. The second-order valence-electron chi connectivity index (χ2n) is 10.7. The van der Waals surface area contributed by atoms with E-state index in [4.69, 9.17) is 0 Å². The van der Waals surface area contributed by atoms with Crippen LogP contribution in [-0.4, -0.2) is 66.9 Å². The van der Waals surface area contributed by atoms with Crippen LogP contribution in [0.3, 0.4) is 0 Å². The van der Waals surface area contributed by atoms with Crippen LogP contribution < -0.4 is 14.9 Å². The third-order valence-corrected chi connectivity index (χ3v) is 9.91. The standard InChI is InChI=1S/C27H34N4O6S/c1-2-19-17-27(19,26(35)29-38(36,37)20-11-12-20)28-25(34)22-10-6-16-31(22)24(33)14-13-23(32)30-15-5-8-18-7-3-4-9-21(18)30/h2-4,7,9,19-20,22H,1,5-6,8,10-17H2,(H,28,34)(H,29,35)/t19?,22-,27?/m0/s1. The molecule has 2 unspecified atom stereocenters. The maximum absolute atomic E-state index is 13.3. The summed E-state index contributed by atoms with van der Waals surface area (Å²) in [7, 11) is -3.77. The number of amides is 4. The molecule has 2 aliphatic carbocycles. The van der Waals surface area contributed by atoms with Gasteiger partial charge in [0.2, 0.25) is 27.7 Å². The molecule has 1 aromatic carbocycles. The monoisotopic (exact) mass is 542 g/mol. The Morgan fingerprint density at radius 3 is 2.47 bits per heavy atom. The zero-order chi connectivity index (χ0) is 27.1. The maximum Gasteiger partial charge on any atom is 0.259 e. The molecular weight excluding hydrogens is 508 g/mol. The van der Waals surface area contributed by atoms with Gasteiger partial charge in [0.05, 0.1) is 5.25 Å². The van der Waals surface area contributed by atoms with Gasteiger partial charge in [-0.3, -0.25) is 23.9 Å². The number of aryl methyl sites for hydroxylation is 1. The van der Waals surface area contributed by atoms with Crippen LogP contribution in [0.4, 0.5) is 5.69 Å². The lowest BCUT2D eigenvalue weighted by atomic mass is 10.0. The van der Waals surface area contributed by atoms with Crippen molar-refractivity contribution in [3.63, 3.8) is 0 Å². The molecule has 2 heterocycles. The van der Waals surface area contributed by atoms with Crippen molar-refractivity contribution >= 4 is 39.3 Å². The van der Waals surface area contributed by atoms with Gasteiger partial charge in [0, 0.05) is 37.5 Å². The number of nitrogens with one attached hydrogen (secondary N) is 2. The van der Waals surface area contributed by atoms with Gasteiger partial charge in [-0.05, 0) is 56.6 Å². The highest BCUT2D eigenvalue weighted by Gasteiger charge is 2.61. The molecule has 1 aromatic rings. The number of hydrogen-bond acceptors (Lipinski definition) is 6. The molecule has 4 aliphatic rings. The third-order valence-electron chi connectivity index (χ3n) is 8.09. The number of sulfonamides is 1. The van der Waals surface area contributed by atoms with Crippen molar-refractivity contribution < 1.29 is 27.6 Å². The number of carbonyl (C=O) groups is 4. The highest BCUT2D eigenvalue weighted by atomic mass is 32.2. The van der Waals surface area contributed by atoms with E-state index in [0.717, 1.165) is 24.1 Å². The van der Waals surface area contributed by atoms with Gasteiger partial charge in [-0.15, -0.1) is 6.58 Å². The number of nitrogens with zero attached hydrogens (tertiary/aromatic N) is 2. The first-order valence-corrected chi connectivity index (χ1v) is 14.9. The van der Waals surface area contributed by atoms with Crippen molar-refractivity contribution in [2.75, 3.05) is 18.0 Å². The molecule has 204 valence electrons. The van der Waals surface area contributed by atoms with Crippen LogP contribution in [0.2, 0.25) is 0 Å². The van der Waals surface area contributed by atoms with Crippen LogP contribution >= 0.6 is 0 Å². The van der Waals surface area contributed by atoms with Gasteiger partial charge in [0.25, 0.3) is 5.91 Å². The minimum Gasteiger partial charge on any atom is -0.339 e. The Balaban J connectivity index is 1.20. The third kappa shape index (κ3) is 5.08. The van der Waals surface area contributed by atoms with Gasteiger partial charge in [0.15, 0.2) is 0 Å². The van der Waals surface area contributed by atoms with Crippen molar-refractivity contribution in [1.82, 2.24) is 14.9 Å². The van der Waals surface area contributed by atoms with Crippen molar-refractivity contribution in [2.45, 2.75) is 74.6 Å². The number of carbonyl (C=O) groups excluding carboxylic acids is 4. The molecule has 1 saturated heterocycles. The molecule has 2 aliphatic heterocycles. The maximum atomic E-state index is 13.3. The lowest BCUT2D eigenvalue weighted by Gasteiger charge is -2.30.